The fourth-order valence-corrected chi connectivity index (χ4v) is 3.20. The Labute approximate surface area is 172 Å². The van der Waals surface area contributed by atoms with Crippen LogP contribution in [-0.2, 0) is 20.9 Å². The molecular weight excluding hydrogens is 394 g/mol. The van der Waals surface area contributed by atoms with Crippen LogP contribution in [0.3, 0.4) is 0 Å². The highest BCUT2D eigenvalue weighted by molar-refractivity contribution is 6.32. The minimum absolute atomic E-state index is 0.0389. The van der Waals surface area contributed by atoms with E-state index in [2.05, 4.69) is 5.32 Å². The lowest BCUT2D eigenvalue weighted by atomic mass is 10.0. The number of benzene rings is 2. The molecule has 0 fully saturated rings. The summed E-state index contributed by atoms with van der Waals surface area (Å²) >= 11 is 6.18. The second-order valence-electron chi connectivity index (χ2n) is 6.72. The molecular formula is C22H20ClNO5. The Hall–Kier alpha value is -3.12. The maximum Gasteiger partial charge on any atom is 0.336 e. The summed E-state index contributed by atoms with van der Waals surface area (Å²) in [6.07, 6.45) is -0.0389. The number of nitrogens with one attached hydrogen (secondary N) is 1. The molecule has 3 aromatic rings. The number of halogens is 1. The van der Waals surface area contributed by atoms with Crippen molar-refractivity contribution in [3.05, 3.63) is 80.7 Å². The highest BCUT2D eigenvalue weighted by Gasteiger charge is 2.18. The number of amides is 1. The van der Waals surface area contributed by atoms with Gasteiger partial charge in [0.1, 0.15) is 12.2 Å². The van der Waals surface area contributed by atoms with Crippen LogP contribution in [0.15, 0.2) is 57.7 Å². The Kier molecular flexibility index (Phi) is 6.34. The molecule has 0 aliphatic rings. The summed E-state index contributed by atoms with van der Waals surface area (Å²) in [6.45, 7) is 3.09. The molecule has 0 unspecified atom stereocenters. The number of aryl methyl sites for hydroxylation is 1. The monoisotopic (exact) mass is 413 g/mol. The second kappa shape index (κ2) is 8.92. The van der Waals surface area contributed by atoms with Gasteiger partial charge in [-0.1, -0.05) is 41.9 Å². The third-order valence-corrected chi connectivity index (χ3v) is 4.86. The molecule has 3 rings (SSSR count). The lowest BCUT2D eigenvalue weighted by Gasteiger charge is -2.17. The molecule has 0 aliphatic carbocycles. The van der Waals surface area contributed by atoms with E-state index in [0.29, 0.717) is 21.6 Å². The molecule has 0 radical (unpaired) electrons. The van der Waals surface area contributed by atoms with Crippen LogP contribution in [0.5, 0.6) is 0 Å². The van der Waals surface area contributed by atoms with E-state index in [0.717, 1.165) is 11.1 Å². The van der Waals surface area contributed by atoms with Gasteiger partial charge >= 0.3 is 11.6 Å². The maximum atomic E-state index is 12.4. The zero-order chi connectivity index (χ0) is 21.0. The van der Waals surface area contributed by atoms with Crippen LogP contribution in [0.4, 0.5) is 0 Å². The average molecular weight is 414 g/mol. The van der Waals surface area contributed by atoms with Crippen molar-refractivity contribution >= 4 is 34.4 Å². The number of rotatable bonds is 6. The topological polar surface area (TPSA) is 85.6 Å². The molecule has 1 aromatic heterocycles. The quantitative estimate of drug-likeness (QED) is 0.486. The Morgan fingerprint density at radius 1 is 1.17 bits per heavy atom. The van der Waals surface area contributed by atoms with E-state index in [1.165, 1.54) is 13.0 Å². The number of hydrogen-bond donors (Lipinski definition) is 1. The Morgan fingerprint density at radius 2 is 1.90 bits per heavy atom. The van der Waals surface area contributed by atoms with Crippen molar-refractivity contribution in [2.75, 3.05) is 0 Å². The third-order valence-electron chi connectivity index (χ3n) is 4.45. The molecule has 0 saturated heterocycles. The van der Waals surface area contributed by atoms with Crippen LogP contribution in [0, 0.1) is 6.92 Å². The Bertz CT molecular complexity index is 1110. The van der Waals surface area contributed by atoms with E-state index in [1.54, 1.807) is 19.1 Å². The highest BCUT2D eigenvalue weighted by atomic mass is 35.5. The van der Waals surface area contributed by atoms with Gasteiger partial charge in [0.25, 0.3) is 0 Å². The Balaban J connectivity index is 1.77. The zero-order valence-electron chi connectivity index (χ0n) is 16.0. The highest BCUT2D eigenvalue weighted by Crippen LogP contribution is 2.26. The predicted molar refractivity (Wildman–Crippen MR) is 110 cm³/mol. The van der Waals surface area contributed by atoms with Crippen molar-refractivity contribution < 1.29 is 18.7 Å². The van der Waals surface area contributed by atoms with E-state index in [4.69, 9.17) is 20.8 Å². The molecule has 150 valence electrons. The van der Waals surface area contributed by atoms with Crippen LogP contribution >= 0.6 is 11.6 Å². The third kappa shape index (κ3) is 5.23. The van der Waals surface area contributed by atoms with Crippen molar-refractivity contribution in [2.24, 2.45) is 0 Å². The smallest absolute Gasteiger partial charge is 0.336 e. The molecule has 1 amide bonds. The van der Waals surface area contributed by atoms with Crippen molar-refractivity contribution in [1.29, 1.82) is 0 Å². The van der Waals surface area contributed by atoms with Gasteiger partial charge < -0.3 is 14.5 Å². The van der Waals surface area contributed by atoms with Crippen LogP contribution in [0.25, 0.3) is 11.0 Å². The zero-order valence-corrected chi connectivity index (χ0v) is 16.8. The van der Waals surface area contributed by atoms with Gasteiger partial charge in [-0.2, -0.15) is 0 Å². The second-order valence-corrected chi connectivity index (χ2v) is 7.12. The number of ether oxygens (including phenoxy) is 1. The average Bonchev–Trinajstić information content (AvgIpc) is 2.67. The summed E-state index contributed by atoms with van der Waals surface area (Å²) in [5.41, 5.74) is 1.92. The molecule has 2 aromatic carbocycles. The number of esters is 1. The first kappa shape index (κ1) is 20.6. The molecule has 0 aliphatic heterocycles. The van der Waals surface area contributed by atoms with Gasteiger partial charge in [0, 0.05) is 29.0 Å². The number of carbonyl (C=O) groups excluding carboxylic acids is 2. The van der Waals surface area contributed by atoms with Gasteiger partial charge in [0.15, 0.2) is 0 Å². The molecule has 1 N–H and O–H groups in total. The number of carbonyl (C=O) groups is 2. The molecule has 0 bridgehead atoms. The SMILES string of the molecule is CC(=O)N[C@H](CC(=O)OCc1cc(=O)oc2cc(C)c(Cl)cc12)c1ccccc1. The lowest BCUT2D eigenvalue weighted by Crippen LogP contribution is -2.28. The minimum atomic E-state index is -0.536. The van der Waals surface area contributed by atoms with E-state index in [9.17, 15) is 14.4 Å². The van der Waals surface area contributed by atoms with Gasteiger partial charge in [-0.25, -0.2) is 4.79 Å². The summed E-state index contributed by atoms with van der Waals surface area (Å²) in [7, 11) is 0. The van der Waals surface area contributed by atoms with Crippen molar-refractivity contribution in [3.8, 4) is 0 Å². The molecule has 7 heteroatoms. The number of hydrogen-bond acceptors (Lipinski definition) is 5. The normalized spacial score (nSPS) is 11.8. The summed E-state index contributed by atoms with van der Waals surface area (Å²) in [5.74, 6) is -0.754. The van der Waals surface area contributed by atoms with Gasteiger partial charge in [-0.15, -0.1) is 0 Å². The molecule has 1 heterocycles. The van der Waals surface area contributed by atoms with E-state index >= 15 is 0 Å². The predicted octanol–water partition coefficient (Wildman–Crippen LogP) is 4.07. The molecule has 0 spiro atoms. The minimum Gasteiger partial charge on any atom is -0.461 e. The number of fused-ring (bicyclic) bond motifs is 1. The van der Waals surface area contributed by atoms with Crippen LogP contribution in [-0.4, -0.2) is 11.9 Å². The van der Waals surface area contributed by atoms with Gasteiger partial charge in [-0.3, -0.25) is 9.59 Å². The largest absolute Gasteiger partial charge is 0.461 e. The first-order valence-electron chi connectivity index (χ1n) is 9.04. The fourth-order valence-electron chi connectivity index (χ4n) is 3.03. The van der Waals surface area contributed by atoms with E-state index in [1.807, 2.05) is 30.3 Å². The first-order valence-corrected chi connectivity index (χ1v) is 9.42. The fraction of sp³-hybridized carbons (Fsp3) is 0.227. The lowest BCUT2D eigenvalue weighted by molar-refractivity contribution is -0.145. The van der Waals surface area contributed by atoms with E-state index < -0.39 is 17.6 Å². The van der Waals surface area contributed by atoms with Crippen LogP contribution in [0.2, 0.25) is 5.02 Å². The standard InChI is InChI=1S/C22H20ClNO5/c1-13-8-20-17(10-18(13)23)16(9-22(27)29-20)12-28-21(26)11-19(24-14(2)25)15-6-4-3-5-7-15/h3-10,19H,11-12H2,1-2H3,(H,24,25)/t19-/m1/s1. The summed E-state index contributed by atoms with van der Waals surface area (Å²) in [5, 5.41) is 3.88. The van der Waals surface area contributed by atoms with Crippen LogP contribution < -0.4 is 10.9 Å². The van der Waals surface area contributed by atoms with Gasteiger partial charge in [-0.05, 0) is 30.2 Å². The molecule has 1 atom stereocenters. The summed E-state index contributed by atoms with van der Waals surface area (Å²) in [4.78, 5) is 35.8. The molecule has 6 nitrogen and oxygen atoms in total. The van der Waals surface area contributed by atoms with Crippen molar-refractivity contribution in [3.63, 3.8) is 0 Å². The van der Waals surface area contributed by atoms with Crippen LogP contribution in [0.1, 0.15) is 36.1 Å². The molecule has 0 saturated carbocycles. The van der Waals surface area contributed by atoms with Crippen molar-refractivity contribution in [1.82, 2.24) is 5.32 Å². The van der Waals surface area contributed by atoms with E-state index in [-0.39, 0.29) is 18.9 Å². The van der Waals surface area contributed by atoms with Gasteiger partial charge in [0.2, 0.25) is 5.91 Å². The van der Waals surface area contributed by atoms with Gasteiger partial charge in [0.05, 0.1) is 12.5 Å². The maximum absolute atomic E-state index is 12.4. The molecule has 29 heavy (non-hydrogen) atoms. The Morgan fingerprint density at radius 3 is 2.59 bits per heavy atom. The summed E-state index contributed by atoms with van der Waals surface area (Å²) in [6, 6.07) is 13.3. The van der Waals surface area contributed by atoms with Crippen molar-refractivity contribution in [2.45, 2.75) is 32.9 Å². The summed E-state index contributed by atoms with van der Waals surface area (Å²) < 4.78 is 10.6. The first-order chi connectivity index (χ1) is 13.8.